The summed E-state index contributed by atoms with van der Waals surface area (Å²) in [6, 6.07) is 5.34. The van der Waals surface area contributed by atoms with Crippen LogP contribution in [0.2, 0.25) is 0 Å². The number of esters is 1. The van der Waals surface area contributed by atoms with Gasteiger partial charge in [0.25, 0.3) is 0 Å². The Morgan fingerprint density at radius 2 is 2.09 bits per heavy atom. The predicted molar refractivity (Wildman–Crippen MR) is 70.2 cm³/mol. The maximum Gasteiger partial charge on any atom is 0.432 e. The number of ether oxygens (including phenoxy) is 1. The summed E-state index contributed by atoms with van der Waals surface area (Å²) in [5, 5.41) is 8.62. The molecule has 0 amide bonds. The number of nitrogens with zero attached hydrogens (tertiary/aromatic N) is 1. The van der Waals surface area contributed by atoms with Gasteiger partial charge in [0.2, 0.25) is 5.43 Å². The minimum Gasteiger partial charge on any atom is -0.462 e. The van der Waals surface area contributed by atoms with Crippen LogP contribution in [0, 0.1) is 11.3 Å². The summed E-state index contributed by atoms with van der Waals surface area (Å²) in [6.07, 6.45) is -4.93. The molecule has 0 unspecified atom stereocenters. The molecular weight excluding hydrogens is 301 g/mol. The summed E-state index contributed by atoms with van der Waals surface area (Å²) in [5.41, 5.74) is -3.74. The number of aromatic nitrogens is 1. The van der Waals surface area contributed by atoms with Gasteiger partial charge in [-0.1, -0.05) is 0 Å². The number of hydrogen-bond donors (Lipinski definition) is 1. The average Bonchev–Trinajstić information content (AvgIpc) is 2.46. The van der Waals surface area contributed by atoms with Crippen LogP contribution in [0.15, 0.2) is 23.0 Å². The van der Waals surface area contributed by atoms with Crippen LogP contribution in [0.1, 0.15) is 28.5 Å². The first kappa shape index (κ1) is 15.6. The van der Waals surface area contributed by atoms with Gasteiger partial charge in [-0.15, -0.1) is 0 Å². The fraction of sp³-hybridized carbons (Fsp3) is 0.214. The summed E-state index contributed by atoms with van der Waals surface area (Å²) < 4.78 is 43.7. The highest BCUT2D eigenvalue weighted by molar-refractivity contribution is 5.95. The number of alkyl halides is 3. The molecule has 1 heterocycles. The van der Waals surface area contributed by atoms with Crippen LogP contribution in [-0.4, -0.2) is 17.6 Å². The van der Waals surface area contributed by atoms with Gasteiger partial charge in [0.15, 0.2) is 0 Å². The summed E-state index contributed by atoms with van der Waals surface area (Å²) in [5.74, 6) is -1.36. The third kappa shape index (κ3) is 2.65. The monoisotopic (exact) mass is 310 g/mol. The number of rotatable bonds is 2. The zero-order chi connectivity index (χ0) is 16.5. The molecule has 2 rings (SSSR count). The largest absolute Gasteiger partial charge is 0.462 e. The molecule has 5 nitrogen and oxygen atoms in total. The van der Waals surface area contributed by atoms with E-state index in [1.54, 1.807) is 6.07 Å². The Labute approximate surface area is 121 Å². The van der Waals surface area contributed by atoms with Crippen LogP contribution in [0.5, 0.6) is 0 Å². The highest BCUT2D eigenvalue weighted by Gasteiger charge is 2.39. The number of nitrogens with one attached hydrogen (secondary N) is 1. The minimum absolute atomic E-state index is 0.0903. The zero-order valence-corrected chi connectivity index (χ0v) is 11.2. The first-order valence-electron chi connectivity index (χ1n) is 6.14. The van der Waals surface area contributed by atoms with Gasteiger partial charge in [0.1, 0.15) is 11.3 Å². The second kappa shape index (κ2) is 5.52. The van der Waals surface area contributed by atoms with Gasteiger partial charge in [-0.25, -0.2) is 4.79 Å². The Balaban J connectivity index is 2.89. The molecule has 1 aromatic heterocycles. The number of benzene rings is 1. The van der Waals surface area contributed by atoms with Crippen molar-refractivity contribution in [2.24, 2.45) is 0 Å². The maximum atomic E-state index is 13.1. The van der Waals surface area contributed by atoms with Crippen molar-refractivity contribution in [2.75, 3.05) is 6.61 Å². The molecule has 0 spiro atoms. The molecule has 0 atom stereocenters. The molecule has 0 aliphatic carbocycles. The predicted octanol–water partition coefficient (Wildman–Crippen LogP) is 2.60. The first-order chi connectivity index (χ1) is 10.3. The van der Waals surface area contributed by atoms with Gasteiger partial charge >= 0.3 is 12.1 Å². The van der Waals surface area contributed by atoms with E-state index >= 15 is 0 Å². The Morgan fingerprint density at radius 1 is 1.41 bits per heavy atom. The molecule has 22 heavy (non-hydrogen) atoms. The molecule has 0 fully saturated rings. The lowest BCUT2D eigenvalue weighted by atomic mass is 10.1. The molecule has 1 aromatic carbocycles. The lowest BCUT2D eigenvalue weighted by Crippen LogP contribution is -2.26. The number of H-pyrrole nitrogens is 1. The fourth-order valence-electron chi connectivity index (χ4n) is 1.97. The van der Waals surface area contributed by atoms with Crippen molar-refractivity contribution in [1.82, 2.24) is 4.98 Å². The Kier molecular flexibility index (Phi) is 3.91. The summed E-state index contributed by atoms with van der Waals surface area (Å²) in [7, 11) is 0. The topological polar surface area (TPSA) is 82.9 Å². The summed E-state index contributed by atoms with van der Waals surface area (Å²) >= 11 is 0. The van der Waals surface area contributed by atoms with Crippen molar-refractivity contribution in [1.29, 1.82) is 5.26 Å². The molecule has 0 aliphatic rings. The highest BCUT2D eigenvalue weighted by Crippen LogP contribution is 2.31. The molecule has 8 heteroatoms. The molecule has 1 N–H and O–H groups in total. The van der Waals surface area contributed by atoms with Crippen LogP contribution < -0.4 is 5.43 Å². The van der Waals surface area contributed by atoms with Crippen molar-refractivity contribution in [3.8, 4) is 6.07 Å². The van der Waals surface area contributed by atoms with Crippen LogP contribution in [0.25, 0.3) is 10.9 Å². The van der Waals surface area contributed by atoms with Crippen LogP contribution in [-0.2, 0) is 10.9 Å². The standard InChI is InChI=1S/C14H9F3N2O3/c1-2-22-13(21)10-11(20)8-5-7(6-18)3-4-9(8)19-12(10)14(15,16)17/h3-5H,2H2,1H3,(H,19,20). The van der Waals surface area contributed by atoms with E-state index in [0.717, 1.165) is 6.07 Å². The molecule has 0 saturated carbocycles. The van der Waals surface area contributed by atoms with Gasteiger partial charge in [-0.2, -0.15) is 18.4 Å². The minimum atomic E-state index is -4.93. The second-order valence-electron chi connectivity index (χ2n) is 4.29. The van der Waals surface area contributed by atoms with Crippen molar-refractivity contribution in [2.45, 2.75) is 13.1 Å². The van der Waals surface area contributed by atoms with E-state index in [0.29, 0.717) is 0 Å². The SMILES string of the molecule is CCOC(=O)c1c(C(F)(F)F)[nH]c2ccc(C#N)cc2c1=O. The van der Waals surface area contributed by atoms with E-state index in [2.05, 4.69) is 4.74 Å². The molecule has 2 aromatic rings. The second-order valence-corrected chi connectivity index (χ2v) is 4.29. The van der Waals surface area contributed by atoms with E-state index in [9.17, 15) is 22.8 Å². The van der Waals surface area contributed by atoms with Crippen LogP contribution >= 0.6 is 0 Å². The number of carbonyl (C=O) groups excluding carboxylic acids is 1. The van der Waals surface area contributed by atoms with E-state index in [-0.39, 0.29) is 23.1 Å². The number of carbonyl (C=O) groups is 1. The van der Waals surface area contributed by atoms with Gasteiger partial charge in [0, 0.05) is 10.9 Å². The van der Waals surface area contributed by atoms with Gasteiger partial charge in [-0.05, 0) is 25.1 Å². The molecule has 0 aliphatic heterocycles. The van der Waals surface area contributed by atoms with Gasteiger partial charge in [0.05, 0.1) is 18.2 Å². The smallest absolute Gasteiger partial charge is 0.432 e. The zero-order valence-electron chi connectivity index (χ0n) is 11.2. The Morgan fingerprint density at radius 3 is 2.64 bits per heavy atom. The van der Waals surface area contributed by atoms with Gasteiger partial charge in [-0.3, -0.25) is 4.79 Å². The lowest BCUT2D eigenvalue weighted by Gasteiger charge is -2.13. The van der Waals surface area contributed by atoms with Crippen molar-refractivity contribution in [3.63, 3.8) is 0 Å². The molecule has 0 bridgehead atoms. The maximum absolute atomic E-state index is 13.1. The van der Waals surface area contributed by atoms with Crippen molar-refractivity contribution in [3.05, 3.63) is 45.2 Å². The molecule has 0 radical (unpaired) electrons. The van der Waals surface area contributed by atoms with Crippen LogP contribution in [0.3, 0.4) is 0 Å². The first-order valence-corrected chi connectivity index (χ1v) is 6.14. The van der Waals surface area contributed by atoms with Crippen molar-refractivity contribution < 1.29 is 22.7 Å². The van der Waals surface area contributed by atoms with Crippen molar-refractivity contribution >= 4 is 16.9 Å². The molecule has 0 saturated heterocycles. The molecule has 114 valence electrons. The normalized spacial score (nSPS) is 11.2. The number of fused-ring (bicyclic) bond motifs is 1. The van der Waals surface area contributed by atoms with Crippen LogP contribution in [0.4, 0.5) is 13.2 Å². The van der Waals surface area contributed by atoms with E-state index in [1.807, 2.05) is 4.98 Å². The van der Waals surface area contributed by atoms with E-state index < -0.39 is 28.8 Å². The Bertz CT molecular complexity index is 847. The number of hydrogen-bond acceptors (Lipinski definition) is 4. The van der Waals surface area contributed by atoms with Gasteiger partial charge < -0.3 is 9.72 Å². The van der Waals surface area contributed by atoms with E-state index in [1.165, 1.54) is 19.1 Å². The highest BCUT2D eigenvalue weighted by atomic mass is 19.4. The Hall–Kier alpha value is -2.82. The fourth-order valence-corrected chi connectivity index (χ4v) is 1.97. The number of aromatic amines is 1. The number of nitriles is 1. The third-order valence-electron chi connectivity index (χ3n) is 2.89. The lowest BCUT2D eigenvalue weighted by molar-refractivity contribution is -0.141. The van der Waals surface area contributed by atoms with E-state index in [4.69, 9.17) is 5.26 Å². The summed E-state index contributed by atoms with van der Waals surface area (Å²) in [4.78, 5) is 26.0. The number of pyridine rings is 1. The third-order valence-corrected chi connectivity index (χ3v) is 2.89. The molecular formula is C14H9F3N2O3. The number of halogens is 3. The summed E-state index contributed by atoms with van der Waals surface area (Å²) in [6.45, 7) is 1.24. The quantitative estimate of drug-likeness (QED) is 0.864. The average molecular weight is 310 g/mol.